The van der Waals surface area contributed by atoms with Crippen LogP contribution in [0, 0.1) is 0 Å². The van der Waals surface area contributed by atoms with Crippen molar-refractivity contribution in [1.29, 1.82) is 0 Å². The number of hydrogen-bond acceptors (Lipinski definition) is 2. The van der Waals surface area contributed by atoms with E-state index in [9.17, 15) is 4.79 Å². The Hall–Kier alpha value is -0.900. The van der Waals surface area contributed by atoms with E-state index in [2.05, 4.69) is 20.9 Å². The zero-order chi connectivity index (χ0) is 9.97. The molecule has 1 aliphatic rings. The van der Waals surface area contributed by atoms with Crippen LogP contribution in [0.1, 0.15) is 16.8 Å². The average Bonchev–Trinajstić information content (AvgIpc) is 2.65. The molecule has 0 spiro atoms. The molecule has 14 heavy (non-hydrogen) atoms. The second-order valence-corrected chi connectivity index (χ2v) is 4.67. The molecule has 2 rings (SSSR count). The first-order valence-corrected chi connectivity index (χ1v) is 5.52. The van der Waals surface area contributed by atoms with Crippen LogP contribution in [0.4, 0.5) is 0 Å². The largest absolute Gasteiger partial charge is 0.337 e. The number of likely N-dealkylation sites (tertiary alicyclic amines) is 1. The molecule has 0 radical (unpaired) electrons. The van der Waals surface area contributed by atoms with Gasteiger partial charge in [0.2, 0.25) is 0 Å². The molecule has 0 aliphatic carbocycles. The standard InChI is InChI=1S/C10H11BrN2O/c11-9-3-5-13(7-9)10(14)8-2-1-4-12-6-8/h1-2,4,6,9H,3,5,7H2. The molecule has 2 heterocycles. The summed E-state index contributed by atoms with van der Waals surface area (Å²) in [4.78, 5) is 18.1. The molecule has 0 N–H and O–H groups in total. The Morgan fingerprint density at radius 2 is 2.50 bits per heavy atom. The Labute approximate surface area is 91.3 Å². The zero-order valence-electron chi connectivity index (χ0n) is 7.69. The fraction of sp³-hybridized carbons (Fsp3) is 0.400. The molecule has 1 saturated heterocycles. The Morgan fingerprint density at radius 3 is 3.07 bits per heavy atom. The second-order valence-electron chi connectivity index (χ2n) is 3.38. The van der Waals surface area contributed by atoms with Crippen LogP contribution >= 0.6 is 15.9 Å². The van der Waals surface area contributed by atoms with Crippen LogP contribution in [-0.2, 0) is 0 Å². The molecule has 1 fully saturated rings. The lowest BCUT2D eigenvalue weighted by atomic mass is 10.2. The predicted octanol–water partition coefficient (Wildman–Crippen LogP) is 1.69. The molecular formula is C10H11BrN2O. The highest BCUT2D eigenvalue weighted by molar-refractivity contribution is 9.09. The molecule has 0 saturated carbocycles. The summed E-state index contributed by atoms with van der Waals surface area (Å²) in [5, 5.41) is 0. The van der Waals surface area contributed by atoms with Gasteiger partial charge in [-0.25, -0.2) is 0 Å². The number of carbonyl (C=O) groups excluding carboxylic acids is 1. The van der Waals surface area contributed by atoms with Gasteiger partial charge < -0.3 is 4.90 Å². The van der Waals surface area contributed by atoms with Crippen molar-refractivity contribution in [2.45, 2.75) is 11.2 Å². The highest BCUT2D eigenvalue weighted by Crippen LogP contribution is 2.18. The summed E-state index contributed by atoms with van der Waals surface area (Å²) in [6.07, 6.45) is 4.32. The van der Waals surface area contributed by atoms with Crippen LogP contribution < -0.4 is 0 Å². The van der Waals surface area contributed by atoms with Gasteiger partial charge in [-0.2, -0.15) is 0 Å². The fourth-order valence-electron chi connectivity index (χ4n) is 1.57. The number of hydrogen-bond donors (Lipinski definition) is 0. The van der Waals surface area contributed by atoms with Crippen molar-refractivity contribution in [1.82, 2.24) is 9.88 Å². The molecule has 1 aromatic heterocycles. The van der Waals surface area contributed by atoms with Crippen LogP contribution in [0.25, 0.3) is 0 Å². The number of alkyl halides is 1. The second kappa shape index (κ2) is 4.09. The van der Waals surface area contributed by atoms with Crippen LogP contribution in [0.2, 0.25) is 0 Å². The number of nitrogens with zero attached hydrogens (tertiary/aromatic N) is 2. The number of carbonyl (C=O) groups is 1. The van der Waals surface area contributed by atoms with Gasteiger partial charge in [0.25, 0.3) is 5.91 Å². The number of aromatic nitrogens is 1. The van der Waals surface area contributed by atoms with Gasteiger partial charge >= 0.3 is 0 Å². The molecule has 1 atom stereocenters. The van der Waals surface area contributed by atoms with Gasteiger partial charge in [0.05, 0.1) is 5.56 Å². The van der Waals surface area contributed by atoms with E-state index in [4.69, 9.17) is 0 Å². The van der Waals surface area contributed by atoms with E-state index in [-0.39, 0.29) is 5.91 Å². The first-order valence-electron chi connectivity index (χ1n) is 4.61. The van der Waals surface area contributed by atoms with Crippen LogP contribution in [-0.4, -0.2) is 33.7 Å². The van der Waals surface area contributed by atoms with Crippen molar-refractivity contribution in [2.24, 2.45) is 0 Å². The van der Waals surface area contributed by atoms with E-state index >= 15 is 0 Å². The van der Waals surface area contributed by atoms with Crippen molar-refractivity contribution < 1.29 is 4.79 Å². The lowest BCUT2D eigenvalue weighted by Gasteiger charge is -2.14. The summed E-state index contributed by atoms with van der Waals surface area (Å²) in [6.45, 7) is 1.64. The SMILES string of the molecule is O=C(c1cccnc1)N1CCC(Br)C1. The quantitative estimate of drug-likeness (QED) is 0.715. The molecular weight excluding hydrogens is 244 g/mol. The number of amides is 1. The molecule has 1 amide bonds. The smallest absolute Gasteiger partial charge is 0.255 e. The van der Waals surface area contributed by atoms with Gasteiger partial charge in [-0.1, -0.05) is 15.9 Å². The third-order valence-corrected chi connectivity index (χ3v) is 3.07. The Bertz CT molecular complexity index is 328. The Balaban J connectivity index is 2.10. The molecule has 1 unspecified atom stereocenters. The van der Waals surface area contributed by atoms with Gasteiger partial charge in [0.1, 0.15) is 0 Å². The van der Waals surface area contributed by atoms with E-state index in [0.29, 0.717) is 10.4 Å². The molecule has 0 bridgehead atoms. The van der Waals surface area contributed by atoms with Gasteiger partial charge in [0.15, 0.2) is 0 Å². The lowest BCUT2D eigenvalue weighted by molar-refractivity contribution is 0.0793. The number of halogens is 1. The maximum atomic E-state index is 11.9. The van der Waals surface area contributed by atoms with E-state index in [0.717, 1.165) is 19.5 Å². The minimum absolute atomic E-state index is 0.0834. The number of rotatable bonds is 1. The molecule has 74 valence electrons. The van der Waals surface area contributed by atoms with Crippen LogP contribution in [0.3, 0.4) is 0 Å². The predicted molar refractivity (Wildman–Crippen MR) is 57.5 cm³/mol. The highest BCUT2D eigenvalue weighted by Gasteiger charge is 2.24. The molecule has 4 heteroatoms. The first-order chi connectivity index (χ1) is 6.77. The van der Waals surface area contributed by atoms with Crippen molar-refractivity contribution in [3.63, 3.8) is 0 Å². The monoisotopic (exact) mass is 254 g/mol. The summed E-state index contributed by atoms with van der Waals surface area (Å²) in [5.41, 5.74) is 0.675. The van der Waals surface area contributed by atoms with Crippen molar-refractivity contribution in [3.8, 4) is 0 Å². The molecule has 0 aromatic carbocycles. The lowest BCUT2D eigenvalue weighted by Crippen LogP contribution is -2.28. The summed E-state index contributed by atoms with van der Waals surface area (Å²) < 4.78 is 0. The highest BCUT2D eigenvalue weighted by atomic mass is 79.9. The van der Waals surface area contributed by atoms with Crippen LogP contribution in [0.5, 0.6) is 0 Å². The van der Waals surface area contributed by atoms with Crippen LogP contribution in [0.15, 0.2) is 24.5 Å². The third-order valence-electron chi connectivity index (χ3n) is 2.33. The summed E-state index contributed by atoms with van der Waals surface area (Å²) in [7, 11) is 0. The zero-order valence-corrected chi connectivity index (χ0v) is 9.27. The Morgan fingerprint density at radius 1 is 1.64 bits per heavy atom. The van der Waals surface area contributed by atoms with Gasteiger partial charge in [0, 0.05) is 30.3 Å². The van der Waals surface area contributed by atoms with E-state index in [1.54, 1.807) is 24.5 Å². The first kappa shape index (κ1) is 9.65. The maximum absolute atomic E-state index is 11.9. The molecule has 1 aromatic rings. The van der Waals surface area contributed by atoms with Crippen molar-refractivity contribution in [2.75, 3.05) is 13.1 Å². The fourth-order valence-corrected chi connectivity index (χ4v) is 2.13. The maximum Gasteiger partial charge on any atom is 0.255 e. The summed E-state index contributed by atoms with van der Waals surface area (Å²) in [6, 6.07) is 3.59. The van der Waals surface area contributed by atoms with Gasteiger partial charge in [-0.15, -0.1) is 0 Å². The normalized spacial score (nSPS) is 21.2. The van der Waals surface area contributed by atoms with Crippen molar-refractivity contribution >= 4 is 21.8 Å². The van der Waals surface area contributed by atoms with Gasteiger partial charge in [-0.05, 0) is 18.6 Å². The average molecular weight is 255 g/mol. The topological polar surface area (TPSA) is 33.2 Å². The van der Waals surface area contributed by atoms with E-state index in [1.165, 1.54) is 0 Å². The molecule has 1 aliphatic heterocycles. The molecule has 3 nitrogen and oxygen atoms in total. The number of pyridine rings is 1. The Kier molecular flexibility index (Phi) is 2.82. The summed E-state index contributed by atoms with van der Waals surface area (Å²) in [5.74, 6) is 0.0834. The minimum atomic E-state index is 0.0834. The summed E-state index contributed by atoms with van der Waals surface area (Å²) >= 11 is 3.51. The van der Waals surface area contributed by atoms with Gasteiger partial charge in [-0.3, -0.25) is 9.78 Å². The van der Waals surface area contributed by atoms with E-state index in [1.807, 2.05) is 4.90 Å². The van der Waals surface area contributed by atoms with Crippen molar-refractivity contribution in [3.05, 3.63) is 30.1 Å². The third kappa shape index (κ3) is 1.95. The van der Waals surface area contributed by atoms with E-state index < -0.39 is 0 Å². The minimum Gasteiger partial charge on any atom is -0.337 e.